The largest absolute Gasteiger partial charge is 0.490 e. The molecule has 0 aliphatic rings. The van der Waals surface area contributed by atoms with Crippen LogP contribution in [0.4, 0.5) is 5.69 Å². The topological polar surface area (TPSA) is 78.7 Å². The van der Waals surface area contributed by atoms with Crippen LogP contribution in [0.1, 0.15) is 10.4 Å². The molecule has 0 atom stereocenters. The first-order valence-corrected chi connectivity index (χ1v) is 5.39. The summed E-state index contributed by atoms with van der Waals surface area (Å²) in [5.41, 5.74) is -0.518. The van der Waals surface area contributed by atoms with Gasteiger partial charge in [-0.2, -0.15) is 0 Å². The van der Waals surface area contributed by atoms with Crippen LogP contribution in [0.2, 0.25) is 5.02 Å². The third-order valence-corrected chi connectivity index (χ3v) is 3.27. The van der Waals surface area contributed by atoms with Gasteiger partial charge in [0.25, 0.3) is 0 Å². The monoisotopic (exact) mass is 323 g/mol. The highest BCUT2D eigenvalue weighted by Gasteiger charge is 2.29. The van der Waals surface area contributed by atoms with Crippen LogP contribution in [0.5, 0.6) is 5.75 Å². The molecule has 0 N–H and O–H groups in total. The second-order valence-corrected chi connectivity index (χ2v) is 4.05. The Kier molecular flexibility index (Phi) is 4.30. The Morgan fingerprint density at radius 3 is 2.53 bits per heavy atom. The first kappa shape index (κ1) is 13.7. The number of rotatable bonds is 3. The summed E-state index contributed by atoms with van der Waals surface area (Å²) >= 11 is 8.75. The summed E-state index contributed by atoms with van der Waals surface area (Å²) in [6.45, 7) is 0. The molecule has 0 aromatic heterocycles. The number of ether oxygens (including phenoxy) is 2. The quantitative estimate of drug-likeness (QED) is 0.485. The van der Waals surface area contributed by atoms with Gasteiger partial charge in [-0.3, -0.25) is 10.1 Å². The van der Waals surface area contributed by atoms with E-state index in [1.807, 2.05) is 0 Å². The van der Waals surface area contributed by atoms with Crippen LogP contribution in [0, 0.1) is 10.1 Å². The Labute approximate surface area is 110 Å². The normalized spacial score (nSPS) is 9.88. The first-order valence-electron chi connectivity index (χ1n) is 4.22. The number of halogens is 2. The summed E-state index contributed by atoms with van der Waals surface area (Å²) < 4.78 is 9.41. The van der Waals surface area contributed by atoms with Crippen LogP contribution in [0.15, 0.2) is 10.5 Å². The fourth-order valence-corrected chi connectivity index (χ4v) is 1.87. The second kappa shape index (κ2) is 5.33. The van der Waals surface area contributed by atoms with Gasteiger partial charge in [0.05, 0.1) is 24.2 Å². The lowest BCUT2D eigenvalue weighted by Crippen LogP contribution is -2.07. The molecule has 1 aromatic rings. The van der Waals surface area contributed by atoms with Crippen molar-refractivity contribution in [1.29, 1.82) is 0 Å². The maximum absolute atomic E-state index is 11.4. The third-order valence-electron chi connectivity index (χ3n) is 1.94. The number of methoxy groups -OCH3 is 2. The third kappa shape index (κ3) is 2.50. The number of nitrogens with zero attached hydrogens (tertiary/aromatic N) is 1. The zero-order chi connectivity index (χ0) is 13.2. The molecule has 0 spiro atoms. The number of hydrogen-bond acceptors (Lipinski definition) is 5. The smallest absolute Gasteiger partial charge is 0.341 e. The lowest BCUT2D eigenvalue weighted by molar-refractivity contribution is -0.386. The molecule has 0 saturated heterocycles. The summed E-state index contributed by atoms with van der Waals surface area (Å²) in [6, 6.07) is 1.24. The van der Waals surface area contributed by atoms with Crippen molar-refractivity contribution >= 4 is 39.2 Å². The van der Waals surface area contributed by atoms with E-state index < -0.39 is 16.6 Å². The van der Waals surface area contributed by atoms with Crippen LogP contribution < -0.4 is 4.74 Å². The SMILES string of the molecule is COC(=O)c1cc(Cl)c(Br)c([N+](=O)[O-])c1OC. The molecule has 0 radical (unpaired) electrons. The van der Waals surface area contributed by atoms with Gasteiger partial charge in [0, 0.05) is 0 Å². The number of hydrogen-bond donors (Lipinski definition) is 0. The molecule has 0 unspecified atom stereocenters. The number of benzene rings is 1. The molecule has 0 amide bonds. The molecule has 0 heterocycles. The molecular formula is C9H7BrClNO5. The highest BCUT2D eigenvalue weighted by Crippen LogP contribution is 2.42. The maximum Gasteiger partial charge on any atom is 0.341 e. The van der Waals surface area contributed by atoms with Crippen LogP contribution >= 0.6 is 27.5 Å². The van der Waals surface area contributed by atoms with E-state index in [4.69, 9.17) is 16.3 Å². The van der Waals surface area contributed by atoms with Crippen LogP contribution in [-0.2, 0) is 4.74 Å². The highest BCUT2D eigenvalue weighted by molar-refractivity contribution is 9.10. The Morgan fingerprint density at radius 1 is 1.53 bits per heavy atom. The van der Waals surface area contributed by atoms with Gasteiger partial charge < -0.3 is 9.47 Å². The molecule has 17 heavy (non-hydrogen) atoms. The van der Waals surface area contributed by atoms with E-state index in [2.05, 4.69) is 20.7 Å². The fraction of sp³-hybridized carbons (Fsp3) is 0.222. The number of carbonyl (C=O) groups is 1. The molecule has 92 valence electrons. The van der Waals surface area contributed by atoms with Crippen LogP contribution in [0.3, 0.4) is 0 Å². The van der Waals surface area contributed by atoms with Crippen LogP contribution in [0.25, 0.3) is 0 Å². The minimum absolute atomic E-state index is 0.0258. The Bertz CT molecular complexity index is 491. The van der Waals surface area contributed by atoms with E-state index in [0.29, 0.717) is 0 Å². The van der Waals surface area contributed by atoms with E-state index in [1.54, 1.807) is 0 Å². The first-order chi connectivity index (χ1) is 7.93. The minimum atomic E-state index is -0.764. The molecule has 0 bridgehead atoms. The van der Waals surface area contributed by atoms with E-state index in [-0.39, 0.29) is 20.8 Å². The van der Waals surface area contributed by atoms with Gasteiger partial charge >= 0.3 is 11.7 Å². The van der Waals surface area contributed by atoms with Crippen LogP contribution in [-0.4, -0.2) is 25.1 Å². The Morgan fingerprint density at radius 2 is 2.12 bits per heavy atom. The van der Waals surface area contributed by atoms with Crippen molar-refractivity contribution in [3.05, 3.63) is 31.2 Å². The summed E-state index contributed by atoms with van der Waals surface area (Å²) in [7, 11) is 2.37. The van der Waals surface area contributed by atoms with Crippen molar-refractivity contribution < 1.29 is 19.2 Å². The van der Waals surface area contributed by atoms with E-state index >= 15 is 0 Å². The molecule has 1 aromatic carbocycles. The van der Waals surface area contributed by atoms with Gasteiger partial charge in [-0.1, -0.05) is 11.6 Å². The van der Waals surface area contributed by atoms with Gasteiger partial charge in [-0.05, 0) is 22.0 Å². The molecular weight excluding hydrogens is 317 g/mol. The van der Waals surface area contributed by atoms with Gasteiger partial charge in [0.2, 0.25) is 5.75 Å². The van der Waals surface area contributed by atoms with Crippen molar-refractivity contribution in [1.82, 2.24) is 0 Å². The lowest BCUT2D eigenvalue weighted by atomic mass is 10.1. The lowest BCUT2D eigenvalue weighted by Gasteiger charge is -2.09. The molecule has 0 aliphatic carbocycles. The summed E-state index contributed by atoms with van der Waals surface area (Å²) in [4.78, 5) is 21.6. The second-order valence-electron chi connectivity index (χ2n) is 2.85. The van der Waals surface area contributed by atoms with Crippen molar-refractivity contribution in [3.63, 3.8) is 0 Å². The van der Waals surface area contributed by atoms with Crippen molar-refractivity contribution in [2.24, 2.45) is 0 Å². The van der Waals surface area contributed by atoms with Gasteiger partial charge in [-0.25, -0.2) is 4.79 Å². The molecule has 0 aliphatic heterocycles. The number of esters is 1. The minimum Gasteiger partial charge on any atom is -0.490 e. The number of carbonyl (C=O) groups excluding carboxylic acids is 1. The van der Waals surface area contributed by atoms with Crippen molar-refractivity contribution in [2.45, 2.75) is 0 Å². The standard InChI is InChI=1S/C9H7BrClNO5/c1-16-8-4(9(13)17-2)3-5(11)6(10)7(8)12(14)15/h3H,1-2H3. The van der Waals surface area contributed by atoms with Crippen molar-refractivity contribution in [3.8, 4) is 5.75 Å². The average Bonchev–Trinajstić information content (AvgIpc) is 2.30. The fourth-order valence-electron chi connectivity index (χ4n) is 1.23. The molecule has 1 rings (SSSR count). The zero-order valence-corrected chi connectivity index (χ0v) is 11.2. The summed E-state index contributed by atoms with van der Waals surface area (Å²) in [6.07, 6.45) is 0. The molecule has 0 fully saturated rings. The van der Waals surface area contributed by atoms with Gasteiger partial charge in [0.15, 0.2) is 0 Å². The molecule has 8 heteroatoms. The highest BCUT2D eigenvalue weighted by atomic mass is 79.9. The zero-order valence-electron chi connectivity index (χ0n) is 8.82. The van der Waals surface area contributed by atoms with E-state index in [1.165, 1.54) is 13.2 Å². The van der Waals surface area contributed by atoms with Crippen molar-refractivity contribution in [2.75, 3.05) is 14.2 Å². The van der Waals surface area contributed by atoms with Gasteiger partial charge in [-0.15, -0.1) is 0 Å². The summed E-state index contributed by atoms with van der Waals surface area (Å²) in [5.74, 6) is -0.961. The van der Waals surface area contributed by atoms with E-state index in [9.17, 15) is 14.9 Å². The molecule has 0 saturated carbocycles. The van der Waals surface area contributed by atoms with E-state index in [0.717, 1.165) is 7.11 Å². The van der Waals surface area contributed by atoms with Gasteiger partial charge in [0.1, 0.15) is 10.0 Å². The maximum atomic E-state index is 11.4. The predicted octanol–water partition coefficient (Wildman–Crippen LogP) is 2.81. The summed E-state index contributed by atoms with van der Waals surface area (Å²) in [5, 5.41) is 10.9. The molecule has 6 nitrogen and oxygen atoms in total. The average molecular weight is 325 g/mol. The Balaban J connectivity index is 3.63. The number of nitro groups is 1. The predicted molar refractivity (Wildman–Crippen MR) is 63.7 cm³/mol. The Hall–Kier alpha value is -1.34. The number of nitro benzene ring substituents is 1.